The van der Waals surface area contributed by atoms with Gasteiger partial charge in [-0.05, 0) is 33.2 Å². The van der Waals surface area contributed by atoms with Gasteiger partial charge in [0, 0.05) is 6.20 Å². The van der Waals surface area contributed by atoms with Crippen LogP contribution in [0.4, 0.5) is 8.78 Å². The van der Waals surface area contributed by atoms with Crippen LogP contribution in [0.3, 0.4) is 0 Å². The molecule has 0 aromatic heterocycles. The quantitative estimate of drug-likeness (QED) is 0.732. The average Bonchev–Trinajstić information content (AvgIpc) is 2.34. The summed E-state index contributed by atoms with van der Waals surface area (Å²) in [5.74, 6) is 0.397. The maximum absolute atomic E-state index is 12.7. The van der Waals surface area contributed by atoms with Crippen LogP contribution in [0, 0.1) is 0 Å². The second-order valence-corrected chi connectivity index (χ2v) is 5.67. The van der Waals surface area contributed by atoms with Crippen molar-refractivity contribution in [1.29, 1.82) is 0 Å². The molecule has 0 spiro atoms. The number of nitrogens with one attached hydrogen (secondary N) is 1. The molecule has 0 saturated carbocycles. The smallest absolute Gasteiger partial charge is 0.334 e. The molecule has 1 aliphatic rings. The van der Waals surface area contributed by atoms with Gasteiger partial charge in [-0.15, -0.1) is 0 Å². The fourth-order valence-electron chi connectivity index (χ4n) is 1.35. The highest BCUT2D eigenvalue weighted by molar-refractivity contribution is 6.40. The zero-order chi connectivity index (χ0) is 15.6. The molecule has 1 unspecified atom stereocenters. The molecule has 0 aromatic carbocycles. The third kappa shape index (κ3) is 3.96. The summed E-state index contributed by atoms with van der Waals surface area (Å²) < 4.78 is 36.1. The van der Waals surface area contributed by atoms with Gasteiger partial charge in [-0.3, -0.25) is 0 Å². The molecule has 0 bridgehead atoms. The summed E-state index contributed by atoms with van der Waals surface area (Å²) in [7, 11) is 2.78. The lowest BCUT2D eigenvalue weighted by molar-refractivity contribution is -0.0897. The van der Waals surface area contributed by atoms with Crippen molar-refractivity contribution in [1.82, 2.24) is 5.32 Å². The first kappa shape index (κ1) is 17.0. The molecule has 0 aromatic rings. The highest BCUT2D eigenvalue weighted by Gasteiger charge is 2.36. The maximum Gasteiger partial charge on any atom is 0.334 e. The van der Waals surface area contributed by atoms with E-state index in [1.807, 2.05) is 0 Å². The molecule has 1 atom stereocenters. The van der Waals surface area contributed by atoms with E-state index in [-0.39, 0.29) is 0 Å². The van der Waals surface area contributed by atoms with E-state index in [2.05, 4.69) is 5.32 Å². The van der Waals surface area contributed by atoms with Crippen molar-refractivity contribution < 1.29 is 23.3 Å². The average molecular weight is 288 g/mol. The summed E-state index contributed by atoms with van der Waals surface area (Å²) in [5, 5.41) is 12.5. The minimum atomic E-state index is -2.53. The van der Waals surface area contributed by atoms with Crippen molar-refractivity contribution in [3.8, 4) is 0 Å². The molecule has 1 radical (unpaired) electrons. The van der Waals surface area contributed by atoms with Crippen LogP contribution in [0.15, 0.2) is 23.5 Å². The van der Waals surface area contributed by atoms with Gasteiger partial charge >= 0.3 is 7.48 Å². The minimum absolute atomic E-state index is 0.397. The fourth-order valence-corrected chi connectivity index (χ4v) is 1.35. The van der Waals surface area contributed by atoms with Crippen molar-refractivity contribution in [2.45, 2.75) is 51.4 Å². The number of ether oxygens (including phenoxy) is 1. The van der Waals surface area contributed by atoms with Crippen LogP contribution in [0.25, 0.3) is 0 Å². The van der Waals surface area contributed by atoms with Crippen LogP contribution in [-0.4, -0.2) is 43.4 Å². The van der Waals surface area contributed by atoms with Crippen LogP contribution in [0.2, 0.25) is 0 Å². The van der Waals surface area contributed by atoms with Crippen molar-refractivity contribution in [3.05, 3.63) is 23.5 Å². The van der Waals surface area contributed by atoms with E-state index in [1.165, 1.54) is 26.9 Å². The zero-order valence-electron chi connectivity index (χ0n) is 12.4. The first-order valence-corrected chi connectivity index (χ1v) is 6.32. The van der Waals surface area contributed by atoms with E-state index in [1.54, 1.807) is 27.7 Å². The lowest BCUT2D eigenvalue weighted by Crippen LogP contribution is -2.48. The second-order valence-electron chi connectivity index (χ2n) is 5.67. The van der Waals surface area contributed by atoms with Gasteiger partial charge in [-0.25, -0.2) is 8.78 Å². The van der Waals surface area contributed by atoms with Crippen LogP contribution in [0.5, 0.6) is 0 Å². The number of hydrogen-bond acceptors (Lipinski definition) is 4. The molecule has 1 rings (SSSR count). The normalized spacial score (nSPS) is 20.1. The molecule has 0 saturated heterocycles. The Balaban J connectivity index is 2.80. The Morgan fingerprint density at radius 1 is 1.35 bits per heavy atom. The summed E-state index contributed by atoms with van der Waals surface area (Å²) in [6.45, 7) is 6.66. The maximum atomic E-state index is 12.7. The Kier molecular flexibility index (Phi) is 5.21. The van der Waals surface area contributed by atoms with Gasteiger partial charge in [0.25, 0.3) is 6.43 Å². The molecule has 1 heterocycles. The molecule has 2 N–H and O–H groups in total. The summed E-state index contributed by atoms with van der Waals surface area (Å²) in [6.07, 6.45) is 0.183. The predicted molar refractivity (Wildman–Crippen MR) is 73.3 cm³/mol. The highest BCUT2D eigenvalue weighted by Crippen LogP contribution is 2.26. The van der Waals surface area contributed by atoms with Crippen molar-refractivity contribution in [3.63, 3.8) is 0 Å². The third-order valence-corrected chi connectivity index (χ3v) is 3.50. The zero-order valence-corrected chi connectivity index (χ0v) is 12.4. The van der Waals surface area contributed by atoms with Gasteiger partial charge in [-0.2, -0.15) is 0 Å². The molecule has 0 fully saturated rings. The van der Waals surface area contributed by atoms with E-state index >= 15 is 0 Å². The predicted octanol–water partition coefficient (Wildman–Crippen LogP) is 1.78. The van der Waals surface area contributed by atoms with Gasteiger partial charge in [0.05, 0.1) is 18.3 Å². The molecule has 113 valence electrons. The Morgan fingerprint density at radius 2 is 1.95 bits per heavy atom. The summed E-state index contributed by atoms with van der Waals surface area (Å²) in [4.78, 5) is 0. The molecular weight excluding hydrogens is 267 g/mol. The van der Waals surface area contributed by atoms with Gasteiger partial charge in [-0.1, -0.05) is 6.08 Å². The SMILES string of the molecule is COC1=CNC(C(F)F)C=C1[B]OC(C)(C)C(C)(C)O. The lowest BCUT2D eigenvalue weighted by atomic mass is 9.79. The number of methoxy groups -OCH3 is 1. The number of halogens is 2. The number of dihydropyridines is 1. The molecule has 0 aliphatic carbocycles. The van der Waals surface area contributed by atoms with Gasteiger partial charge in [0.2, 0.25) is 0 Å². The first-order valence-electron chi connectivity index (χ1n) is 6.32. The van der Waals surface area contributed by atoms with E-state index in [0.29, 0.717) is 11.2 Å². The van der Waals surface area contributed by atoms with Crippen molar-refractivity contribution >= 4 is 7.48 Å². The number of hydrogen-bond donors (Lipinski definition) is 2. The van der Waals surface area contributed by atoms with Gasteiger partial charge in [0.15, 0.2) is 0 Å². The Labute approximate surface area is 119 Å². The van der Waals surface area contributed by atoms with E-state index in [4.69, 9.17) is 9.39 Å². The molecule has 4 nitrogen and oxygen atoms in total. The number of alkyl halides is 2. The fraction of sp³-hybridized carbons (Fsp3) is 0.692. The van der Waals surface area contributed by atoms with Crippen molar-refractivity contribution in [2.24, 2.45) is 0 Å². The van der Waals surface area contributed by atoms with E-state index < -0.39 is 23.7 Å². The number of aliphatic hydroxyl groups is 1. The lowest BCUT2D eigenvalue weighted by Gasteiger charge is -2.38. The summed E-state index contributed by atoms with van der Waals surface area (Å²) in [6, 6.07) is -1.09. The summed E-state index contributed by atoms with van der Waals surface area (Å²) in [5.41, 5.74) is -1.55. The van der Waals surface area contributed by atoms with Crippen LogP contribution >= 0.6 is 0 Å². The Morgan fingerprint density at radius 3 is 2.40 bits per heavy atom. The first-order chi connectivity index (χ1) is 9.08. The van der Waals surface area contributed by atoms with E-state index in [9.17, 15) is 13.9 Å². The number of rotatable bonds is 6. The molecule has 20 heavy (non-hydrogen) atoms. The third-order valence-electron chi connectivity index (χ3n) is 3.50. The molecule has 0 amide bonds. The largest absolute Gasteiger partial charge is 0.496 e. The Hall–Kier alpha value is -1.08. The monoisotopic (exact) mass is 288 g/mol. The summed E-state index contributed by atoms with van der Waals surface area (Å²) >= 11 is 0. The molecule has 7 heteroatoms. The standard InChI is InChI=1S/C13H21BF2NO3/c1-12(2,18)13(3,4)20-14-8-6-9(11(15)16)17-7-10(8)19-5/h6-7,9,11,17-18H,1-5H3. The topological polar surface area (TPSA) is 50.7 Å². The Bertz CT molecular complexity index is 403. The molecule has 1 aliphatic heterocycles. The van der Waals surface area contributed by atoms with Gasteiger partial charge < -0.3 is 19.8 Å². The highest BCUT2D eigenvalue weighted by atomic mass is 19.3. The van der Waals surface area contributed by atoms with Crippen LogP contribution in [-0.2, 0) is 9.39 Å². The second kappa shape index (κ2) is 6.14. The number of allylic oxidation sites excluding steroid dienone is 1. The van der Waals surface area contributed by atoms with Crippen LogP contribution < -0.4 is 5.32 Å². The van der Waals surface area contributed by atoms with E-state index in [0.717, 1.165) is 0 Å². The van der Waals surface area contributed by atoms with Crippen molar-refractivity contribution in [2.75, 3.05) is 7.11 Å². The molecular formula is C13H21BF2NO3. The van der Waals surface area contributed by atoms with Crippen LogP contribution in [0.1, 0.15) is 27.7 Å². The van der Waals surface area contributed by atoms with Gasteiger partial charge in [0.1, 0.15) is 11.8 Å². The minimum Gasteiger partial charge on any atom is -0.496 e.